The number of hydrogen-bond donors (Lipinski definition) is 0. The Kier molecular flexibility index (Phi) is 6.12. The van der Waals surface area contributed by atoms with E-state index in [0.29, 0.717) is 6.54 Å². The molecule has 0 N–H and O–H groups in total. The molecule has 1 aliphatic heterocycles. The lowest BCUT2D eigenvalue weighted by Gasteiger charge is -2.35. The van der Waals surface area contributed by atoms with Crippen molar-refractivity contribution in [3.8, 4) is 5.69 Å². The van der Waals surface area contributed by atoms with Gasteiger partial charge in [-0.1, -0.05) is 6.07 Å². The fourth-order valence-electron chi connectivity index (χ4n) is 5.14. The molecule has 0 saturated carbocycles. The summed E-state index contributed by atoms with van der Waals surface area (Å²) >= 11 is 0. The van der Waals surface area contributed by atoms with Gasteiger partial charge in [-0.3, -0.25) is 9.69 Å². The first-order chi connectivity index (χ1) is 14.6. The Morgan fingerprint density at radius 3 is 2.45 bits per heavy atom. The molecule has 1 fully saturated rings. The highest BCUT2D eigenvalue weighted by Gasteiger charge is 2.28. The van der Waals surface area contributed by atoms with Crippen LogP contribution >= 0.6 is 0 Å². The summed E-state index contributed by atoms with van der Waals surface area (Å²) in [6, 6.07) is 8.71. The number of likely N-dealkylation sites (tertiary alicyclic amines) is 1. The molecule has 4 rings (SSSR count). The summed E-state index contributed by atoms with van der Waals surface area (Å²) < 4.78 is 27.2. The molecule has 1 aliphatic carbocycles. The number of aromatic nitrogens is 1. The zero-order valence-corrected chi connectivity index (χ0v) is 19.8. The maximum Gasteiger partial charge on any atom is 0.211 e. The topological polar surface area (TPSA) is 62.6 Å². The molecular formula is C24H33N3O3S. The van der Waals surface area contributed by atoms with Crippen molar-refractivity contribution in [2.75, 3.05) is 32.9 Å². The van der Waals surface area contributed by atoms with E-state index in [0.717, 1.165) is 55.0 Å². The van der Waals surface area contributed by atoms with Crippen LogP contribution in [0.2, 0.25) is 0 Å². The first-order valence-electron chi connectivity index (χ1n) is 11.1. The number of nitrogens with zero attached hydrogens (tertiary/aromatic N) is 3. The van der Waals surface area contributed by atoms with E-state index in [1.807, 2.05) is 13.0 Å². The Bertz CT molecular complexity index is 1100. The number of hydrogen-bond acceptors (Lipinski definition) is 4. The molecule has 31 heavy (non-hydrogen) atoms. The van der Waals surface area contributed by atoms with Gasteiger partial charge in [0.05, 0.1) is 12.8 Å². The van der Waals surface area contributed by atoms with Crippen LogP contribution in [0, 0.1) is 13.8 Å². The average molecular weight is 444 g/mol. The second kappa shape index (κ2) is 8.52. The molecule has 2 aromatic rings. The molecule has 0 atom stereocenters. The van der Waals surface area contributed by atoms with E-state index >= 15 is 0 Å². The van der Waals surface area contributed by atoms with Crippen molar-refractivity contribution in [1.29, 1.82) is 0 Å². The van der Waals surface area contributed by atoms with Gasteiger partial charge in [0.2, 0.25) is 10.0 Å². The van der Waals surface area contributed by atoms with E-state index in [-0.39, 0.29) is 11.8 Å². The molecule has 0 bridgehead atoms. The van der Waals surface area contributed by atoms with Gasteiger partial charge in [0.15, 0.2) is 5.78 Å². The van der Waals surface area contributed by atoms with Crippen molar-refractivity contribution in [2.24, 2.45) is 0 Å². The summed E-state index contributed by atoms with van der Waals surface area (Å²) in [6.07, 6.45) is 6.29. The predicted molar refractivity (Wildman–Crippen MR) is 124 cm³/mol. The highest BCUT2D eigenvalue weighted by atomic mass is 32.2. The van der Waals surface area contributed by atoms with Gasteiger partial charge >= 0.3 is 0 Å². The fourth-order valence-corrected chi connectivity index (χ4v) is 5.89. The molecular weight excluding hydrogens is 410 g/mol. The van der Waals surface area contributed by atoms with Crippen LogP contribution in [0.5, 0.6) is 0 Å². The molecule has 0 radical (unpaired) electrons. The summed E-state index contributed by atoms with van der Waals surface area (Å²) in [6.45, 7) is 5.94. The Labute approximate surface area is 185 Å². The van der Waals surface area contributed by atoms with Crippen LogP contribution in [-0.2, 0) is 22.9 Å². The van der Waals surface area contributed by atoms with E-state index in [4.69, 9.17) is 0 Å². The van der Waals surface area contributed by atoms with Crippen molar-refractivity contribution < 1.29 is 13.2 Å². The van der Waals surface area contributed by atoms with Gasteiger partial charge in [0.25, 0.3) is 0 Å². The van der Waals surface area contributed by atoms with E-state index in [2.05, 4.69) is 34.6 Å². The second-order valence-corrected chi connectivity index (χ2v) is 11.2. The van der Waals surface area contributed by atoms with E-state index < -0.39 is 10.0 Å². The van der Waals surface area contributed by atoms with Gasteiger partial charge in [0, 0.05) is 48.8 Å². The Hall–Kier alpha value is -1.96. The number of carbonyl (C=O) groups excluding carboxylic acids is 1. The number of fused-ring (bicyclic) bond motifs is 1. The molecule has 1 saturated heterocycles. The summed E-state index contributed by atoms with van der Waals surface area (Å²) in [5, 5.41) is 0. The van der Waals surface area contributed by atoms with Crippen LogP contribution < -0.4 is 0 Å². The molecule has 2 heterocycles. The standard InChI is InChI=1S/C24H33N3O3S/c1-17-14-23(18(2)27(17)22-9-8-19-6-5-7-20(19)15-22)24(28)16-26-12-10-21(11-13-26)25(3)31(4,29)30/h8-9,14-15,21H,5-7,10-13,16H2,1-4H3. The summed E-state index contributed by atoms with van der Waals surface area (Å²) in [4.78, 5) is 15.3. The number of aryl methyl sites for hydroxylation is 3. The molecule has 6 nitrogen and oxygen atoms in total. The zero-order chi connectivity index (χ0) is 22.3. The number of ketones is 1. The Morgan fingerprint density at radius 2 is 1.77 bits per heavy atom. The summed E-state index contributed by atoms with van der Waals surface area (Å²) in [5.74, 6) is 0.135. The second-order valence-electron chi connectivity index (χ2n) is 9.14. The molecule has 1 aromatic heterocycles. The maximum atomic E-state index is 13.1. The highest BCUT2D eigenvalue weighted by molar-refractivity contribution is 7.88. The third-order valence-electron chi connectivity index (χ3n) is 7.03. The molecule has 0 spiro atoms. The van der Waals surface area contributed by atoms with Crippen LogP contribution in [0.1, 0.15) is 52.1 Å². The van der Waals surface area contributed by atoms with Crippen LogP contribution in [0.4, 0.5) is 0 Å². The van der Waals surface area contributed by atoms with Crippen LogP contribution in [0.3, 0.4) is 0 Å². The van der Waals surface area contributed by atoms with Gasteiger partial charge < -0.3 is 4.57 Å². The van der Waals surface area contributed by atoms with Crippen molar-refractivity contribution in [2.45, 2.75) is 52.0 Å². The van der Waals surface area contributed by atoms with Crippen molar-refractivity contribution >= 4 is 15.8 Å². The fraction of sp³-hybridized carbons (Fsp3) is 0.542. The number of rotatable bonds is 6. The molecule has 0 unspecified atom stereocenters. The van der Waals surface area contributed by atoms with Gasteiger partial charge in [-0.25, -0.2) is 12.7 Å². The van der Waals surface area contributed by atoms with Crippen molar-refractivity contribution in [1.82, 2.24) is 13.8 Å². The Morgan fingerprint density at radius 1 is 1.10 bits per heavy atom. The lowest BCUT2D eigenvalue weighted by molar-refractivity contribution is 0.0890. The smallest absolute Gasteiger partial charge is 0.211 e. The lowest BCUT2D eigenvalue weighted by atomic mass is 10.0. The molecule has 7 heteroatoms. The summed E-state index contributed by atoms with van der Waals surface area (Å²) in [5.41, 5.74) is 6.87. The first-order valence-corrected chi connectivity index (χ1v) is 13.0. The van der Waals surface area contributed by atoms with Crippen molar-refractivity contribution in [3.05, 3.63) is 52.3 Å². The minimum atomic E-state index is -3.18. The first kappa shape index (κ1) is 22.2. The third-order valence-corrected chi connectivity index (χ3v) is 8.38. The van der Waals surface area contributed by atoms with Crippen LogP contribution in [0.15, 0.2) is 24.3 Å². The number of benzene rings is 1. The average Bonchev–Trinajstić information content (AvgIpc) is 3.30. The zero-order valence-electron chi connectivity index (χ0n) is 19.0. The predicted octanol–water partition coefficient (Wildman–Crippen LogP) is 3.12. The van der Waals surface area contributed by atoms with Gasteiger partial charge in [0.1, 0.15) is 0 Å². The molecule has 0 amide bonds. The number of piperidine rings is 1. The number of Topliss-reactive ketones (excluding diaryl/α,β-unsaturated/α-hetero) is 1. The minimum Gasteiger partial charge on any atom is -0.318 e. The summed E-state index contributed by atoms with van der Waals surface area (Å²) in [7, 11) is -1.53. The van der Waals surface area contributed by atoms with Crippen molar-refractivity contribution in [3.63, 3.8) is 0 Å². The SMILES string of the molecule is Cc1cc(C(=O)CN2CCC(N(C)S(C)(=O)=O)CC2)c(C)n1-c1ccc2c(c1)CCC2. The van der Waals surface area contributed by atoms with E-state index in [1.54, 1.807) is 7.05 Å². The van der Waals surface area contributed by atoms with E-state index in [1.165, 1.54) is 34.5 Å². The molecule has 1 aromatic carbocycles. The van der Waals surface area contributed by atoms with Crippen LogP contribution in [0.25, 0.3) is 5.69 Å². The number of sulfonamides is 1. The maximum absolute atomic E-state index is 13.1. The van der Waals surface area contributed by atoms with Gasteiger partial charge in [-0.2, -0.15) is 0 Å². The lowest BCUT2D eigenvalue weighted by Crippen LogP contribution is -2.46. The quantitative estimate of drug-likeness (QED) is 0.644. The molecule has 2 aliphatic rings. The van der Waals surface area contributed by atoms with Gasteiger partial charge in [-0.05, 0) is 75.3 Å². The van der Waals surface area contributed by atoms with Gasteiger partial charge in [-0.15, -0.1) is 0 Å². The largest absolute Gasteiger partial charge is 0.318 e. The monoisotopic (exact) mass is 443 g/mol. The van der Waals surface area contributed by atoms with Crippen LogP contribution in [-0.4, -0.2) is 67.0 Å². The molecule has 168 valence electrons. The third kappa shape index (κ3) is 4.49. The Balaban J connectivity index is 1.45. The van der Waals surface area contributed by atoms with E-state index in [9.17, 15) is 13.2 Å². The number of carbonyl (C=O) groups is 1. The normalized spacial score (nSPS) is 18.0. The minimum absolute atomic E-state index is 0.0197. The highest BCUT2D eigenvalue weighted by Crippen LogP contribution is 2.28.